The Hall–Kier alpha value is -2.48. The highest BCUT2D eigenvalue weighted by Gasteiger charge is 2.47. The topological polar surface area (TPSA) is 78.0 Å². The van der Waals surface area contributed by atoms with Gasteiger partial charge >= 0.3 is 0 Å². The van der Waals surface area contributed by atoms with Crippen LogP contribution in [0, 0.1) is 12.3 Å². The molecule has 0 unspecified atom stereocenters. The molecule has 0 bridgehead atoms. The number of rotatable bonds is 3. The first-order valence-electron chi connectivity index (χ1n) is 9.34. The van der Waals surface area contributed by atoms with Gasteiger partial charge in [0.05, 0.1) is 16.8 Å². The lowest BCUT2D eigenvalue weighted by atomic mass is 10.1. The van der Waals surface area contributed by atoms with Crippen LogP contribution < -0.4 is 4.90 Å². The largest absolute Gasteiger partial charge is 0.354 e. The first-order chi connectivity index (χ1) is 13.1. The highest BCUT2D eigenvalue weighted by atomic mass is 32.1. The fourth-order valence-corrected chi connectivity index (χ4v) is 4.79. The van der Waals surface area contributed by atoms with Gasteiger partial charge in [0, 0.05) is 48.9 Å². The van der Waals surface area contributed by atoms with Crippen LogP contribution in [0.3, 0.4) is 0 Å². The lowest BCUT2D eigenvalue weighted by Gasteiger charge is -2.25. The Morgan fingerprint density at radius 2 is 2.15 bits per heavy atom. The highest BCUT2D eigenvalue weighted by molar-refractivity contribution is 7.11. The number of anilines is 1. The number of fused-ring (bicyclic) bond motifs is 1. The van der Waals surface area contributed by atoms with Crippen molar-refractivity contribution in [3.8, 4) is 0 Å². The molecule has 1 N–H and O–H groups in total. The van der Waals surface area contributed by atoms with Crippen LogP contribution in [0.1, 0.15) is 22.7 Å². The van der Waals surface area contributed by atoms with Crippen LogP contribution in [0.25, 0.3) is 11.0 Å². The fraction of sp³-hybridized carbons (Fsp3) is 0.474. The molecule has 1 aliphatic heterocycles. The van der Waals surface area contributed by atoms with Gasteiger partial charge in [0.2, 0.25) is 5.91 Å². The van der Waals surface area contributed by atoms with Crippen LogP contribution >= 0.6 is 11.3 Å². The van der Waals surface area contributed by atoms with Gasteiger partial charge < -0.3 is 14.8 Å². The Kier molecular flexibility index (Phi) is 3.89. The molecule has 1 saturated heterocycles. The molecule has 0 aromatic carbocycles. The molecule has 1 aliphatic carbocycles. The Bertz CT molecular complexity index is 991. The van der Waals surface area contributed by atoms with E-state index in [1.807, 2.05) is 25.4 Å². The number of hydrogen-bond donors (Lipinski definition) is 1. The molecule has 0 radical (unpaired) electrons. The molecule has 7 nitrogen and oxygen atoms in total. The maximum Gasteiger partial charge on any atom is 0.227 e. The van der Waals surface area contributed by atoms with Gasteiger partial charge in [0.25, 0.3) is 0 Å². The van der Waals surface area contributed by atoms with Gasteiger partial charge in [-0.15, -0.1) is 11.3 Å². The normalized spacial score (nSPS) is 18.9. The van der Waals surface area contributed by atoms with E-state index in [0.29, 0.717) is 6.42 Å². The van der Waals surface area contributed by atoms with Gasteiger partial charge in [-0.1, -0.05) is 0 Å². The molecule has 1 spiro atoms. The average molecular weight is 382 g/mol. The van der Waals surface area contributed by atoms with E-state index in [0.717, 1.165) is 52.9 Å². The molecule has 2 aliphatic rings. The van der Waals surface area contributed by atoms with Crippen LogP contribution in [0.4, 0.5) is 5.82 Å². The zero-order valence-electron chi connectivity index (χ0n) is 15.3. The van der Waals surface area contributed by atoms with Crippen molar-refractivity contribution in [3.05, 3.63) is 34.7 Å². The van der Waals surface area contributed by atoms with Gasteiger partial charge in [-0.25, -0.2) is 15.0 Å². The van der Waals surface area contributed by atoms with Crippen molar-refractivity contribution >= 4 is 34.1 Å². The molecule has 0 atom stereocenters. The fourth-order valence-electron chi connectivity index (χ4n) is 4.00. The van der Waals surface area contributed by atoms with Gasteiger partial charge in [-0.3, -0.25) is 4.79 Å². The SMILES string of the molecule is Cc1ncc(CC(=O)N2CCN(c3ncnc4[nH]ccc34)CC3(CC3)C2)s1. The smallest absolute Gasteiger partial charge is 0.227 e. The molecule has 5 rings (SSSR count). The first kappa shape index (κ1) is 16.7. The minimum absolute atomic E-state index is 0.209. The number of thiazole rings is 1. The molecule has 8 heteroatoms. The van der Waals surface area contributed by atoms with E-state index in [-0.39, 0.29) is 11.3 Å². The summed E-state index contributed by atoms with van der Waals surface area (Å²) in [4.78, 5) is 34.7. The number of nitrogens with zero attached hydrogens (tertiary/aromatic N) is 5. The summed E-state index contributed by atoms with van der Waals surface area (Å²) in [7, 11) is 0. The molecule has 3 aromatic rings. The molecule has 140 valence electrons. The van der Waals surface area contributed by atoms with Gasteiger partial charge in [-0.05, 0) is 25.8 Å². The van der Waals surface area contributed by atoms with E-state index in [9.17, 15) is 4.79 Å². The van der Waals surface area contributed by atoms with Crippen LogP contribution in [0.15, 0.2) is 24.8 Å². The molecule has 3 aromatic heterocycles. The van der Waals surface area contributed by atoms with Crippen LogP contribution in [-0.2, 0) is 11.2 Å². The number of hydrogen-bond acceptors (Lipinski definition) is 6. The molecule has 27 heavy (non-hydrogen) atoms. The predicted octanol–water partition coefficient (Wildman–Crippen LogP) is 2.39. The lowest BCUT2D eigenvalue weighted by Crippen LogP contribution is -2.37. The number of nitrogens with one attached hydrogen (secondary N) is 1. The monoisotopic (exact) mass is 382 g/mol. The Balaban J connectivity index is 1.37. The van der Waals surface area contributed by atoms with Crippen molar-refractivity contribution in [1.82, 2.24) is 24.8 Å². The number of carbonyl (C=O) groups excluding carboxylic acids is 1. The third-order valence-electron chi connectivity index (χ3n) is 5.63. The van der Waals surface area contributed by atoms with Crippen molar-refractivity contribution < 1.29 is 4.79 Å². The van der Waals surface area contributed by atoms with E-state index in [1.54, 1.807) is 17.7 Å². The van der Waals surface area contributed by atoms with Gasteiger partial charge in [-0.2, -0.15) is 0 Å². The number of aromatic amines is 1. The minimum Gasteiger partial charge on any atom is -0.354 e. The van der Waals surface area contributed by atoms with Crippen LogP contribution in [0.2, 0.25) is 0 Å². The average Bonchev–Trinajstić information content (AvgIpc) is 3.09. The Morgan fingerprint density at radius 3 is 2.93 bits per heavy atom. The standard InChI is InChI=1S/C19H22N6OS/c1-13-21-9-14(27-13)8-16(26)24-6-7-25(11-19(10-24)3-4-19)18-15-2-5-20-17(15)22-12-23-18/h2,5,9,12H,3-4,6-8,10-11H2,1H3,(H,20,22,23). The number of aromatic nitrogens is 4. The summed E-state index contributed by atoms with van der Waals surface area (Å²) in [5, 5.41) is 2.06. The lowest BCUT2D eigenvalue weighted by molar-refractivity contribution is -0.130. The molecule has 4 heterocycles. The summed E-state index contributed by atoms with van der Waals surface area (Å²) in [6.07, 6.45) is 8.16. The van der Waals surface area contributed by atoms with Crippen LogP contribution in [-0.4, -0.2) is 56.9 Å². The second-order valence-corrected chi connectivity index (χ2v) is 9.02. The maximum atomic E-state index is 12.9. The van der Waals surface area contributed by atoms with Crippen LogP contribution in [0.5, 0.6) is 0 Å². The zero-order chi connectivity index (χ0) is 18.4. The number of carbonyl (C=O) groups is 1. The van der Waals surface area contributed by atoms with E-state index < -0.39 is 0 Å². The summed E-state index contributed by atoms with van der Waals surface area (Å²) in [5.74, 6) is 1.18. The van der Waals surface area contributed by atoms with Crippen molar-refractivity contribution in [1.29, 1.82) is 0 Å². The van der Waals surface area contributed by atoms with Gasteiger partial charge in [0.15, 0.2) is 0 Å². The summed E-state index contributed by atoms with van der Waals surface area (Å²) >= 11 is 1.61. The Morgan fingerprint density at radius 1 is 1.26 bits per heavy atom. The maximum absolute atomic E-state index is 12.9. The number of aryl methyl sites for hydroxylation is 1. The third-order valence-corrected chi connectivity index (χ3v) is 6.54. The van der Waals surface area contributed by atoms with E-state index in [1.165, 1.54) is 12.8 Å². The second kappa shape index (κ2) is 6.30. The van der Waals surface area contributed by atoms with E-state index >= 15 is 0 Å². The molecule has 2 fully saturated rings. The van der Waals surface area contributed by atoms with Crippen molar-refractivity contribution in [2.75, 3.05) is 31.1 Å². The van der Waals surface area contributed by atoms with Crippen molar-refractivity contribution in [2.24, 2.45) is 5.41 Å². The highest BCUT2D eigenvalue weighted by Crippen LogP contribution is 2.48. The minimum atomic E-state index is 0.209. The van der Waals surface area contributed by atoms with Gasteiger partial charge in [0.1, 0.15) is 17.8 Å². The number of H-pyrrole nitrogens is 1. The molecular weight excluding hydrogens is 360 g/mol. The summed E-state index contributed by atoms with van der Waals surface area (Å²) < 4.78 is 0. The summed E-state index contributed by atoms with van der Waals surface area (Å²) in [6, 6.07) is 2.03. The van der Waals surface area contributed by atoms with Crippen molar-refractivity contribution in [3.63, 3.8) is 0 Å². The van der Waals surface area contributed by atoms with Crippen molar-refractivity contribution in [2.45, 2.75) is 26.2 Å². The zero-order valence-corrected chi connectivity index (χ0v) is 16.1. The second-order valence-electron chi connectivity index (χ2n) is 7.70. The quantitative estimate of drug-likeness (QED) is 0.753. The summed E-state index contributed by atoms with van der Waals surface area (Å²) in [5.41, 5.74) is 1.08. The first-order valence-corrected chi connectivity index (χ1v) is 10.2. The molecule has 1 amide bonds. The van der Waals surface area contributed by atoms with E-state index in [4.69, 9.17) is 0 Å². The molecular formula is C19H22N6OS. The number of amides is 1. The third kappa shape index (κ3) is 3.18. The predicted molar refractivity (Wildman–Crippen MR) is 105 cm³/mol. The Labute approximate surface area is 161 Å². The molecule has 1 saturated carbocycles. The van der Waals surface area contributed by atoms with E-state index in [2.05, 4.69) is 29.7 Å². The summed E-state index contributed by atoms with van der Waals surface area (Å²) in [6.45, 7) is 5.31.